The van der Waals surface area contributed by atoms with Crippen molar-refractivity contribution < 1.29 is 4.79 Å². The van der Waals surface area contributed by atoms with E-state index in [1.807, 2.05) is 24.3 Å². The fraction of sp³-hybridized carbons (Fsp3) is 0.375. The number of aryl methyl sites for hydroxylation is 1. The third-order valence-corrected chi connectivity index (χ3v) is 3.48. The van der Waals surface area contributed by atoms with Crippen LogP contribution in [0.25, 0.3) is 0 Å². The second-order valence-corrected chi connectivity index (χ2v) is 6.16. The van der Waals surface area contributed by atoms with E-state index in [9.17, 15) is 4.79 Å². The lowest BCUT2D eigenvalue weighted by Crippen LogP contribution is -2.27. The normalized spacial score (nSPS) is 11.4. The highest BCUT2D eigenvalue weighted by Crippen LogP contribution is 2.25. The van der Waals surface area contributed by atoms with Crippen molar-refractivity contribution in [1.29, 1.82) is 0 Å². The fourth-order valence-electron chi connectivity index (χ4n) is 2.23. The minimum absolute atomic E-state index is 0.0821. The van der Waals surface area contributed by atoms with E-state index in [0.29, 0.717) is 17.9 Å². The minimum atomic E-state index is -0.0937. The predicted octanol–water partition coefficient (Wildman–Crippen LogP) is 2.23. The van der Waals surface area contributed by atoms with Gasteiger partial charge in [-0.1, -0.05) is 39.0 Å². The van der Waals surface area contributed by atoms with Gasteiger partial charge in [0, 0.05) is 24.7 Å². The van der Waals surface area contributed by atoms with Crippen molar-refractivity contribution in [3.8, 4) is 0 Å². The number of nitrogens with two attached hydrogens (primary N) is 1. The summed E-state index contributed by atoms with van der Waals surface area (Å²) in [7, 11) is 1.77. The maximum Gasteiger partial charge on any atom is 0.251 e. The van der Waals surface area contributed by atoms with Gasteiger partial charge in [0.25, 0.3) is 5.91 Å². The van der Waals surface area contributed by atoms with Crippen LogP contribution in [0.2, 0.25) is 0 Å². The molecule has 0 bridgehead atoms. The van der Waals surface area contributed by atoms with E-state index in [4.69, 9.17) is 5.73 Å². The van der Waals surface area contributed by atoms with E-state index < -0.39 is 0 Å². The highest BCUT2D eigenvalue weighted by molar-refractivity contribution is 5.96. The highest BCUT2D eigenvalue weighted by Gasteiger charge is 2.21. The van der Waals surface area contributed by atoms with Gasteiger partial charge in [0.05, 0.1) is 6.20 Å². The second kappa shape index (κ2) is 5.60. The Kier molecular flexibility index (Phi) is 4.02. The molecule has 21 heavy (non-hydrogen) atoms. The summed E-state index contributed by atoms with van der Waals surface area (Å²) in [6, 6.07) is 7.68. The van der Waals surface area contributed by atoms with Crippen LogP contribution < -0.4 is 11.1 Å². The molecule has 0 radical (unpaired) electrons. The van der Waals surface area contributed by atoms with Gasteiger partial charge in [-0.15, -0.1) is 0 Å². The average molecular weight is 286 g/mol. The molecule has 0 aliphatic rings. The van der Waals surface area contributed by atoms with Gasteiger partial charge in [0.2, 0.25) is 0 Å². The minimum Gasteiger partial charge on any atom is -0.384 e. The van der Waals surface area contributed by atoms with Crippen LogP contribution in [0.15, 0.2) is 30.5 Å². The van der Waals surface area contributed by atoms with E-state index in [2.05, 4.69) is 31.2 Å². The number of hydrogen-bond donors (Lipinski definition) is 2. The smallest absolute Gasteiger partial charge is 0.251 e. The lowest BCUT2D eigenvalue weighted by atomic mass is 9.83. The van der Waals surface area contributed by atoms with Crippen molar-refractivity contribution in [2.24, 2.45) is 7.05 Å². The van der Waals surface area contributed by atoms with Crippen LogP contribution in [-0.2, 0) is 19.0 Å². The van der Waals surface area contributed by atoms with E-state index in [1.54, 1.807) is 17.9 Å². The average Bonchev–Trinajstić information content (AvgIpc) is 2.75. The molecule has 2 rings (SSSR count). The maximum atomic E-state index is 12.4. The summed E-state index contributed by atoms with van der Waals surface area (Å²) in [6.45, 7) is 6.66. The number of nitrogen functional groups attached to an aromatic ring is 1. The Bertz CT molecular complexity index is 653. The number of nitrogens with one attached hydrogen (secondary N) is 1. The first-order valence-corrected chi connectivity index (χ1v) is 6.94. The van der Waals surface area contributed by atoms with Crippen LogP contribution in [-0.4, -0.2) is 15.7 Å². The molecule has 112 valence electrons. The zero-order valence-electron chi connectivity index (χ0n) is 13.0. The number of aromatic nitrogens is 2. The van der Waals surface area contributed by atoms with Crippen molar-refractivity contribution in [1.82, 2.24) is 15.1 Å². The van der Waals surface area contributed by atoms with Gasteiger partial charge in [-0.25, -0.2) is 0 Å². The molecule has 1 aromatic carbocycles. The first-order chi connectivity index (χ1) is 9.80. The SMILES string of the molecule is Cn1ncc(CNC(=O)c2ccccc2C(C)(C)C)c1N. The molecule has 2 aromatic rings. The third-order valence-electron chi connectivity index (χ3n) is 3.48. The maximum absolute atomic E-state index is 12.4. The Labute approximate surface area is 125 Å². The topological polar surface area (TPSA) is 72.9 Å². The molecule has 0 fully saturated rings. The summed E-state index contributed by atoms with van der Waals surface area (Å²) in [6.07, 6.45) is 1.67. The number of carbonyl (C=O) groups excluding carboxylic acids is 1. The molecule has 5 heteroatoms. The zero-order valence-corrected chi connectivity index (χ0v) is 13.0. The number of hydrogen-bond acceptors (Lipinski definition) is 3. The molecule has 0 atom stereocenters. The Morgan fingerprint density at radius 2 is 2.00 bits per heavy atom. The molecule has 5 nitrogen and oxygen atoms in total. The molecule has 0 unspecified atom stereocenters. The van der Waals surface area contributed by atoms with Crippen molar-refractivity contribution in [3.63, 3.8) is 0 Å². The van der Waals surface area contributed by atoms with Gasteiger partial charge in [-0.2, -0.15) is 5.10 Å². The summed E-state index contributed by atoms with van der Waals surface area (Å²) in [5.41, 5.74) is 8.34. The summed E-state index contributed by atoms with van der Waals surface area (Å²) < 4.78 is 1.59. The number of rotatable bonds is 3. The molecule has 3 N–H and O–H groups in total. The lowest BCUT2D eigenvalue weighted by molar-refractivity contribution is 0.0949. The van der Waals surface area contributed by atoms with Crippen LogP contribution in [0.5, 0.6) is 0 Å². The summed E-state index contributed by atoms with van der Waals surface area (Å²) in [5.74, 6) is 0.475. The quantitative estimate of drug-likeness (QED) is 0.908. The number of amides is 1. The number of benzene rings is 1. The van der Waals surface area contributed by atoms with Gasteiger partial charge in [-0.3, -0.25) is 9.48 Å². The van der Waals surface area contributed by atoms with Gasteiger partial charge in [0.15, 0.2) is 0 Å². The molecule has 0 saturated heterocycles. The lowest BCUT2D eigenvalue weighted by Gasteiger charge is -2.22. The van der Waals surface area contributed by atoms with E-state index >= 15 is 0 Å². The first-order valence-electron chi connectivity index (χ1n) is 6.94. The molecule has 1 heterocycles. The highest BCUT2D eigenvalue weighted by atomic mass is 16.1. The monoisotopic (exact) mass is 286 g/mol. The summed E-state index contributed by atoms with van der Waals surface area (Å²) in [5, 5.41) is 6.97. The number of carbonyl (C=O) groups is 1. The Morgan fingerprint density at radius 1 is 1.33 bits per heavy atom. The molecule has 0 aliphatic carbocycles. The molecule has 0 spiro atoms. The zero-order chi connectivity index (χ0) is 15.6. The summed E-state index contributed by atoms with van der Waals surface area (Å²) >= 11 is 0. The van der Waals surface area contributed by atoms with Gasteiger partial charge in [0.1, 0.15) is 5.82 Å². The molecular formula is C16H22N4O. The molecule has 1 amide bonds. The predicted molar refractivity (Wildman–Crippen MR) is 83.9 cm³/mol. The van der Waals surface area contributed by atoms with Crippen molar-refractivity contribution in [3.05, 3.63) is 47.2 Å². The van der Waals surface area contributed by atoms with Gasteiger partial charge < -0.3 is 11.1 Å². The Morgan fingerprint density at radius 3 is 2.57 bits per heavy atom. The van der Waals surface area contributed by atoms with E-state index in [0.717, 1.165) is 11.1 Å². The molecule has 1 aromatic heterocycles. The second-order valence-electron chi connectivity index (χ2n) is 6.16. The summed E-state index contributed by atoms with van der Waals surface area (Å²) in [4.78, 5) is 12.4. The number of nitrogens with zero attached hydrogens (tertiary/aromatic N) is 2. The molecule has 0 aliphatic heterocycles. The van der Waals surface area contributed by atoms with Crippen molar-refractivity contribution >= 4 is 11.7 Å². The number of anilines is 1. The fourth-order valence-corrected chi connectivity index (χ4v) is 2.23. The van der Waals surface area contributed by atoms with Crippen molar-refractivity contribution in [2.75, 3.05) is 5.73 Å². The molecule has 0 saturated carbocycles. The Hall–Kier alpha value is -2.30. The van der Waals surface area contributed by atoms with Crippen LogP contribution in [0.3, 0.4) is 0 Å². The van der Waals surface area contributed by atoms with Crippen LogP contribution in [0.1, 0.15) is 42.3 Å². The van der Waals surface area contributed by atoms with Crippen molar-refractivity contribution in [2.45, 2.75) is 32.7 Å². The largest absolute Gasteiger partial charge is 0.384 e. The Balaban J connectivity index is 2.16. The molecular weight excluding hydrogens is 264 g/mol. The standard InChI is InChI=1S/C16H22N4O/c1-16(2,3)13-8-6-5-7-12(13)15(21)18-9-11-10-19-20(4)14(11)17/h5-8,10H,9,17H2,1-4H3,(H,18,21). The van der Waals surface area contributed by atoms with Crippen LogP contribution in [0.4, 0.5) is 5.82 Å². The van der Waals surface area contributed by atoms with Crippen LogP contribution >= 0.6 is 0 Å². The van der Waals surface area contributed by atoms with Crippen LogP contribution in [0, 0.1) is 0 Å². The van der Waals surface area contributed by atoms with Gasteiger partial charge >= 0.3 is 0 Å². The van der Waals surface area contributed by atoms with E-state index in [1.165, 1.54) is 0 Å². The van der Waals surface area contributed by atoms with Gasteiger partial charge in [-0.05, 0) is 17.0 Å². The first kappa shape index (κ1) is 15.1. The van der Waals surface area contributed by atoms with E-state index in [-0.39, 0.29) is 11.3 Å². The third kappa shape index (κ3) is 3.24.